The van der Waals surface area contributed by atoms with Gasteiger partial charge in [0.1, 0.15) is 6.04 Å². The lowest BCUT2D eigenvalue weighted by Gasteiger charge is -2.36. The molecule has 3 atom stereocenters. The number of rotatable bonds is 18. The zero-order valence-electron chi connectivity index (χ0n) is 21.6. The number of nitrogens with zero attached hydrogens (tertiary/aromatic N) is 2. The minimum atomic E-state index is -1.09. The average molecular weight is 505 g/mol. The minimum absolute atomic E-state index is 0.0336. The van der Waals surface area contributed by atoms with E-state index in [1.807, 2.05) is 11.8 Å². The van der Waals surface area contributed by atoms with Crippen LogP contribution in [0.15, 0.2) is 0 Å². The summed E-state index contributed by atoms with van der Waals surface area (Å²) in [6, 6.07) is -1.18. The highest BCUT2D eigenvalue weighted by Crippen LogP contribution is 2.21. The third-order valence-corrected chi connectivity index (χ3v) is 5.84. The Morgan fingerprint density at radius 1 is 0.629 bits per heavy atom. The van der Waals surface area contributed by atoms with Crippen molar-refractivity contribution in [3.05, 3.63) is 0 Å². The van der Waals surface area contributed by atoms with E-state index >= 15 is 0 Å². The largest absolute Gasteiger partial charge is 0.480 e. The summed E-state index contributed by atoms with van der Waals surface area (Å²) in [5.74, 6) is -3.27. The zero-order valence-corrected chi connectivity index (χ0v) is 21.6. The summed E-state index contributed by atoms with van der Waals surface area (Å²) in [5.41, 5.74) is 0. The van der Waals surface area contributed by atoms with Crippen LogP contribution in [0.25, 0.3) is 0 Å². The molecule has 0 aromatic carbocycles. The quantitative estimate of drug-likeness (QED) is 0.207. The second-order valence-corrected chi connectivity index (χ2v) is 8.22. The van der Waals surface area contributed by atoms with Crippen molar-refractivity contribution in [2.75, 3.05) is 54.6 Å². The van der Waals surface area contributed by atoms with E-state index in [2.05, 4.69) is 9.47 Å². The monoisotopic (exact) mass is 504 g/mol. The van der Waals surface area contributed by atoms with Crippen LogP contribution in [-0.2, 0) is 42.9 Å². The van der Waals surface area contributed by atoms with E-state index < -0.39 is 41.8 Å². The van der Waals surface area contributed by atoms with Crippen LogP contribution in [0, 0.1) is 5.92 Å². The Balaban J connectivity index is 5.56. The molecule has 0 saturated heterocycles. The number of hydrogen-bond acceptors (Lipinski definition) is 11. The van der Waals surface area contributed by atoms with Gasteiger partial charge >= 0.3 is 29.8 Å². The van der Waals surface area contributed by atoms with E-state index in [1.165, 1.54) is 28.4 Å². The molecule has 0 aliphatic rings. The lowest BCUT2D eigenvalue weighted by Crippen LogP contribution is -2.49. The van der Waals surface area contributed by atoms with Gasteiger partial charge in [0.05, 0.1) is 54.1 Å². The molecular weight excluding hydrogens is 464 g/mol. The SMILES string of the molecule is COC(=O)CCN(CCC(=O)OC)C(C)CC(C)[C@@H](C(=O)O)N(CCC(=O)OC)CCC(=O)OC. The first-order valence-corrected chi connectivity index (χ1v) is 11.5. The van der Waals surface area contributed by atoms with Crippen LogP contribution in [0.3, 0.4) is 0 Å². The molecule has 0 radical (unpaired) electrons. The second kappa shape index (κ2) is 17.7. The Bertz CT molecular complexity index is 660. The van der Waals surface area contributed by atoms with Crippen molar-refractivity contribution in [2.45, 2.75) is 58.0 Å². The maximum atomic E-state index is 12.3. The molecular formula is C23H40N2O10. The minimum Gasteiger partial charge on any atom is -0.480 e. The summed E-state index contributed by atoms with van der Waals surface area (Å²) in [5, 5.41) is 10.0. The van der Waals surface area contributed by atoms with Crippen molar-refractivity contribution in [1.82, 2.24) is 9.80 Å². The predicted molar refractivity (Wildman–Crippen MR) is 124 cm³/mol. The number of hydrogen-bond donors (Lipinski definition) is 1. The second-order valence-electron chi connectivity index (χ2n) is 8.22. The molecule has 2 unspecified atom stereocenters. The van der Waals surface area contributed by atoms with Gasteiger partial charge in [-0.1, -0.05) is 6.92 Å². The Morgan fingerprint density at radius 3 is 1.23 bits per heavy atom. The summed E-state index contributed by atoms with van der Waals surface area (Å²) < 4.78 is 18.7. The normalized spacial score (nSPS) is 13.6. The maximum absolute atomic E-state index is 12.3. The Morgan fingerprint density at radius 2 is 0.943 bits per heavy atom. The van der Waals surface area contributed by atoms with Gasteiger partial charge in [0, 0.05) is 32.2 Å². The average Bonchev–Trinajstić information content (AvgIpc) is 2.83. The van der Waals surface area contributed by atoms with E-state index in [-0.39, 0.29) is 44.8 Å². The number of carboxylic acid groups (broad SMARTS) is 1. The number of carbonyl (C=O) groups is 5. The van der Waals surface area contributed by atoms with E-state index in [0.29, 0.717) is 19.5 Å². The van der Waals surface area contributed by atoms with Crippen molar-refractivity contribution in [2.24, 2.45) is 5.92 Å². The number of carbonyl (C=O) groups excluding carboxylic acids is 4. The molecule has 202 valence electrons. The number of carboxylic acids is 1. The third kappa shape index (κ3) is 13.1. The summed E-state index contributed by atoms with van der Waals surface area (Å²) in [6.45, 7) is 4.49. The number of aliphatic carboxylic acids is 1. The molecule has 0 aliphatic carbocycles. The molecule has 0 saturated carbocycles. The standard InChI is InChI=1S/C23H40N2O10/c1-16(15-17(2)24(11-7-18(26)32-3)12-8-19(27)33-4)22(23(30)31)25(13-9-20(28)34-5)14-10-21(29)35-6/h16-17,22H,7-15H2,1-6H3,(H,30,31)/t16?,17?,22-/m0/s1. The fourth-order valence-electron chi connectivity index (χ4n) is 3.87. The summed E-state index contributed by atoms with van der Waals surface area (Å²) in [6.07, 6.45) is 0.570. The van der Waals surface area contributed by atoms with Gasteiger partial charge in [0.15, 0.2) is 0 Å². The van der Waals surface area contributed by atoms with E-state index in [9.17, 15) is 29.1 Å². The number of ether oxygens (including phenoxy) is 4. The van der Waals surface area contributed by atoms with Crippen LogP contribution >= 0.6 is 0 Å². The fourth-order valence-corrected chi connectivity index (χ4v) is 3.87. The summed E-state index contributed by atoms with van der Waals surface area (Å²) >= 11 is 0. The van der Waals surface area contributed by atoms with Crippen molar-refractivity contribution in [1.29, 1.82) is 0 Å². The van der Waals surface area contributed by atoms with Crippen LogP contribution in [0.2, 0.25) is 0 Å². The molecule has 0 bridgehead atoms. The molecule has 12 nitrogen and oxygen atoms in total. The highest BCUT2D eigenvalue weighted by Gasteiger charge is 2.33. The van der Waals surface area contributed by atoms with Crippen LogP contribution in [-0.4, -0.2) is 111 Å². The Kier molecular flexibility index (Phi) is 16.3. The number of esters is 4. The van der Waals surface area contributed by atoms with Gasteiger partial charge in [0.25, 0.3) is 0 Å². The molecule has 0 rings (SSSR count). The molecule has 0 fully saturated rings. The highest BCUT2D eigenvalue weighted by molar-refractivity contribution is 5.75. The van der Waals surface area contributed by atoms with Crippen molar-refractivity contribution >= 4 is 29.8 Å². The van der Waals surface area contributed by atoms with Crippen molar-refractivity contribution < 1.29 is 48.0 Å². The first kappa shape index (κ1) is 32.3. The lowest BCUT2D eigenvalue weighted by molar-refractivity contribution is -0.149. The summed E-state index contributed by atoms with van der Waals surface area (Å²) in [4.78, 5) is 62.4. The smallest absolute Gasteiger partial charge is 0.321 e. The number of methoxy groups -OCH3 is 4. The molecule has 35 heavy (non-hydrogen) atoms. The molecule has 0 aromatic rings. The van der Waals surface area contributed by atoms with Gasteiger partial charge in [-0.2, -0.15) is 0 Å². The van der Waals surface area contributed by atoms with E-state index in [4.69, 9.17) is 9.47 Å². The molecule has 0 heterocycles. The summed E-state index contributed by atoms with van der Waals surface area (Å²) in [7, 11) is 5.08. The first-order valence-electron chi connectivity index (χ1n) is 11.5. The molecule has 0 amide bonds. The zero-order chi connectivity index (χ0) is 27.0. The van der Waals surface area contributed by atoms with Crippen LogP contribution in [0.1, 0.15) is 46.0 Å². The van der Waals surface area contributed by atoms with Gasteiger partial charge < -0.3 is 24.1 Å². The third-order valence-electron chi connectivity index (χ3n) is 5.84. The highest BCUT2D eigenvalue weighted by atomic mass is 16.5. The van der Waals surface area contributed by atoms with E-state index in [0.717, 1.165) is 0 Å². The topological polar surface area (TPSA) is 149 Å². The Labute approximate surface area is 206 Å². The molecule has 0 spiro atoms. The lowest BCUT2D eigenvalue weighted by atomic mass is 9.92. The van der Waals surface area contributed by atoms with Crippen LogP contribution in [0.4, 0.5) is 0 Å². The van der Waals surface area contributed by atoms with Gasteiger partial charge in [-0.25, -0.2) is 0 Å². The molecule has 0 aliphatic heterocycles. The van der Waals surface area contributed by atoms with Crippen LogP contribution in [0.5, 0.6) is 0 Å². The Hall–Kier alpha value is -2.73. The first-order chi connectivity index (χ1) is 16.5. The van der Waals surface area contributed by atoms with Gasteiger partial charge in [-0.15, -0.1) is 0 Å². The predicted octanol–water partition coefficient (Wildman–Crippen LogP) is 0.711. The van der Waals surface area contributed by atoms with Crippen molar-refractivity contribution in [3.8, 4) is 0 Å². The fraction of sp³-hybridized carbons (Fsp3) is 0.783. The van der Waals surface area contributed by atoms with Gasteiger partial charge in [0.2, 0.25) is 0 Å². The van der Waals surface area contributed by atoms with E-state index in [1.54, 1.807) is 11.8 Å². The molecule has 1 N–H and O–H groups in total. The molecule has 0 aromatic heterocycles. The maximum Gasteiger partial charge on any atom is 0.321 e. The van der Waals surface area contributed by atoms with Gasteiger partial charge in [-0.05, 0) is 19.3 Å². The van der Waals surface area contributed by atoms with Crippen LogP contribution < -0.4 is 0 Å². The van der Waals surface area contributed by atoms with Gasteiger partial charge in [-0.3, -0.25) is 33.8 Å². The van der Waals surface area contributed by atoms with Crippen molar-refractivity contribution in [3.63, 3.8) is 0 Å². The molecule has 12 heteroatoms.